The molecule has 0 heterocycles. The van der Waals surface area contributed by atoms with Gasteiger partial charge < -0.3 is 4.90 Å². The molecule has 0 amide bonds. The SMILES string of the molecule is C=C(C)CN(C)CC. The van der Waals surface area contributed by atoms with Crippen molar-refractivity contribution in [3.8, 4) is 0 Å². The molecule has 0 N–H and O–H groups in total. The van der Waals surface area contributed by atoms with Crippen molar-refractivity contribution in [2.24, 2.45) is 0 Å². The van der Waals surface area contributed by atoms with Crippen LogP contribution in [-0.2, 0) is 0 Å². The van der Waals surface area contributed by atoms with E-state index in [0.717, 1.165) is 13.1 Å². The molecule has 0 aliphatic carbocycles. The molecule has 0 radical (unpaired) electrons. The summed E-state index contributed by atoms with van der Waals surface area (Å²) in [7, 11) is 2.09. The molecule has 0 aromatic carbocycles. The molecule has 0 aromatic rings. The van der Waals surface area contributed by atoms with Gasteiger partial charge in [-0.3, -0.25) is 0 Å². The minimum Gasteiger partial charge on any atom is -0.303 e. The van der Waals surface area contributed by atoms with Gasteiger partial charge in [0.05, 0.1) is 0 Å². The molecule has 0 atom stereocenters. The Morgan fingerprint density at radius 1 is 1.62 bits per heavy atom. The summed E-state index contributed by atoms with van der Waals surface area (Å²) >= 11 is 0. The average molecular weight is 113 g/mol. The predicted octanol–water partition coefficient (Wildman–Crippen LogP) is 1.51. The lowest BCUT2D eigenvalue weighted by Gasteiger charge is -2.12. The summed E-state index contributed by atoms with van der Waals surface area (Å²) in [6.45, 7) is 10.1. The third-order valence-corrected chi connectivity index (χ3v) is 1.08. The summed E-state index contributed by atoms with van der Waals surface area (Å²) in [5.41, 5.74) is 1.23. The molecular weight excluding hydrogens is 98.1 g/mol. The van der Waals surface area contributed by atoms with E-state index in [4.69, 9.17) is 0 Å². The molecule has 1 heteroatoms. The second-order valence-electron chi connectivity index (χ2n) is 2.29. The summed E-state index contributed by atoms with van der Waals surface area (Å²) in [4.78, 5) is 2.22. The highest BCUT2D eigenvalue weighted by Gasteiger charge is 1.90. The van der Waals surface area contributed by atoms with Gasteiger partial charge in [-0.2, -0.15) is 0 Å². The Labute approximate surface area is 52.0 Å². The van der Waals surface area contributed by atoms with Gasteiger partial charge in [-0.25, -0.2) is 0 Å². The van der Waals surface area contributed by atoms with Gasteiger partial charge in [0, 0.05) is 6.54 Å². The van der Waals surface area contributed by atoms with E-state index in [2.05, 4.69) is 25.5 Å². The molecule has 0 bridgehead atoms. The second-order valence-corrected chi connectivity index (χ2v) is 2.29. The zero-order valence-corrected chi connectivity index (χ0v) is 6.07. The maximum Gasteiger partial charge on any atom is 0.0184 e. The van der Waals surface area contributed by atoms with Crippen LogP contribution in [0.4, 0.5) is 0 Å². The first-order valence-corrected chi connectivity index (χ1v) is 2.99. The lowest BCUT2D eigenvalue weighted by Crippen LogP contribution is -2.18. The lowest BCUT2D eigenvalue weighted by atomic mass is 10.3. The van der Waals surface area contributed by atoms with Gasteiger partial charge in [-0.1, -0.05) is 19.1 Å². The third-order valence-electron chi connectivity index (χ3n) is 1.08. The maximum absolute atomic E-state index is 3.80. The van der Waals surface area contributed by atoms with Crippen LogP contribution < -0.4 is 0 Å². The molecule has 0 spiro atoms. The van der Waals surface area contributed by atoms with E-state index in [1.165, 1.54) is 5.57 Å². The molecule has 1 nitrogen and oxygen atoms in total. The van der Waals surface area contributed by atoms with E-state index in [-0.39, 0.29) is 0 Å². The average Bonchev–Trinajstić information content (AvgIpc) is 1.65. The van der Waals surface area contributed by atoms with Crippen molar-refractivity contribution in [2.75, 3.05) is 20.1 Å². The molecule has 8 heavy (non-hydrogen) atoms. The fourth-order valence-electron chi connectivity index (χ4n) is 0.573. The van der Waals surface area contributed by atoms with Crippen LogP contribution in [0.15, 0.2) is 12.2 Å². The fraction of sp³-hybridized carbons (Fsp3) is 0.714. The Kier molecular flexibility index (Phi) is 3.53. The topological polar surface area (TPSA) is 3.24 Å². The van der Waals surface area contributed by atoms with Crippen LogP contribution in [0.5, 0.6) is 0 Å². The van der Waals surface area contributed by atoms with Crippen molar-refractivity contribution in [1.29, 1.82) is 0 Å². The van der Waals surface area contributed by atoms with Gasteiger partial charge in [0.15, 0.2) is 0 Å². The van der Waals surface area contributed by atoms with Crippen molar-refractivity contribution in [2.45, 2.75) is 13.8 Å². The Balaban J connectivity index is 3.24. The van der Waals surface area contributed by atoms with E-state index in [9.17, 15) is 0 Å². The normalized spacial score (nSPS) is 10.0. The number of hydrogen-bond acceptors (Lipinski definition) is 1. The highest BCUT2D eigenvalue weighted by atomic mass is 15.1. The monoisotopic (exact) mass is 113 g/mol. The van der Waals surface area contributed by atoms with Crippen molar-refractivity contribution >= 4 is 0 Å². The summed E-state index contributed by atoms with van der Waals surface area (Å²) in [5.74, 6) is 0. The van der Waals surface area contributed by atoms with Gasteiger partial charge in [0.25, 0.3) is 0 Å². The third kappa shape index (κ3) is 3.88. The first kappa shape index (κ1) is 7.70. The minimum atomic E-state index is 1.02. The van der Waals surface area contributed by atoms with Crippen LogP contribution in [-0.4, -0.2) is 25.0 Å². The molecule has 48 valence electrons. The first-order chi connectivity index (χ1) is 3.66. The zero-order valence-electron chi connectivity index (χ0n) is 6.07. The zero-order chi connectivity index (χ0) is 6.57. The van der Waals surface area contributed by atoms with Gasteiger partial charge in [-0.05, 0) is 20.5 Å². The fourth-order valence-corrected chi connectivity index (χ4v) is 0.573. The van der Waals surface area contributed by atoms with Gasteiger partial charge in [-0.15, -0.1) is 0 Å². The Morgan fingerprint density at radius 2 is 2.12 bits per heavy atom. The first-order valence-electron chi connectivity index (χ1n) is 2.99. The van der Waals surface area contributed by atoms with Gasteiger partial charge >= 0.3 is 0 Å². The molecule has 0 aliphatic heterocycles. The van der Waals surface area contributed by atoms with Gasteiger partial charge in [0.1, 0.15) is 0 Å². The summed E-state index contributed by atoms with van der Waals surface area (Å²) in [5, 5.41) is 0. The summed E-state index contributed by atoms with van der Waals surface area (Å²) in [6.07, 6.45) is 0. The summed E-state index contributed by atoms with van der Waals surface area (Å²) in [6, 6.07) is 0. The summed E-state index contributed by atoms with van der Waals surface area (Å²) < 4.78 is 0. The number of hydrogen-bond donors (Lipinski definition) is 0. The van der Waals surface area contributed by atoms with E-state index in [1.54, 1.807) is 0 Å². The van der Waals surface area contributed by atoms with E-state index in [1.807, 2.05) is 6.92 Å². The standard InChI is InChI=1S/C7H15N/c1-5-8(4)6-7(2)3/h2,5-6H2,1,3-4H3. The Bertz CT molecular complexity index is 76.5. The Morgan fingerprint density at radius 3 is 2.25 bits per heavy atom. The molecule has 0 aliphatic rings. The Hall–Kier alpha value is -0.300. The molecule has 0 aromatic heterocycles. The van der Waals surface area contributed by atoms with Crippen molar-refractivity contribution < 1.29 is 0 Å². The number of nitrogens with zero attached hydrogens (tertiary/aromatic N) is 1. The number of likely N-dealkylation sites (N-methyl/N-ethyl adjacent to an activating group) is 1. The quantitative estimate of drug-likeness (QED) is 0.501. The van der Waals surface area contributed by atoms with Gasteiger partial charge in [0.2, 0.25) is 0 Å². The van der Waals surface area contributed by atoms with Crippen LogP contribution in [0.3, 0.4) is 0 Å². The largest absolute Gasteiger partial charge is 0.303 e. The van der Waals surface area contributed by atoms with Crippen LogP contribution in [0.2, 0.25) is 0 Å². The van der Waals surface area contributed by atoms with Crippen LogP contribution in [0.1, 0.15) is 13.8 Å². The van der Waals surface area contributed by atoms with Crippen LogP contribution in [0.25, 0.3) is 0 Å². The van der Waals surface area contributed by atoms with E-state index < -0.39 is 0 Å². The molecule has 0 unspecified atom stereocenters. The minimum absolute atomic E-state index is 1.02. The second kappa shape index (κ2) is 3.67. The maximum atomic E-state index is 3.80. The van der Waals surface area contributed by atoms with E-state index in [0.29, 0.717) is 0 Å². The molecule has 0 saturated carbocycles. The predicted molar refractivity (Wildman–Crippen MR) is 38.0 cm³/mol. The lowest BCUT2D eigenvalue weighted by molar-refractivity contribution is 0.384. The van der Waals surface area contributed by atoms with Crippen molar-refractivity contribution in [1.82, 2.24) is 4.90 Å². The van der Waals surface area contributed by atoms with E-state index >= 15 is 0 Å². The smallest absolute Gasteiger partial charge is 0.0184 e. The highest BCUT2D eigenvalue weighted by molar-refractivity contribution is 4.90. The van der Waals surface area contributed by atoms with Crippen molar-refractivity contribution in [3.63, 3.8) is 0 Å². The molecule has 0 saturated heterocycles. The number of rotatable bonds is 3. The molecule has 0 rings (SSSR count). The van der Waals surface area contributed by atoms with Crippen LogP contribution in [0, 0.1) is 0 Å². The molecule has 0 fully saturated rings. The molecular formula is C7H15N. The van der Waals surface area contributed by atoms with Crippen LogP contribution >= 0.6 is 0 Å². The highest BCUT2D eigenvalue weighted by Crippen LogP contribution is 1.89. The van der Waals surface area contributed by atoms with Crippen molar-refractivity contribution in [3.05, 3.63) is 12.2 Å².